The van der Waals surface area contributed by atoms with Gasteiger partial charge in [-0.05, 0) is 49.6 Å². The predicted molar refractivity (Wildman–Crippen MR) is 83.2 cm³/mol. The molecule has 4 nitrogen and oxygen atoms in total. The van der Waals surface area contributed by atoms with E-state index in [0.29, 0.717) is 6.61 Å². The van der Waals surface area contributed by atoms with Gasteiger partial charge in [0, 0.05) is 0 Å². The van der Waals surface area contributed by atoms with E-state index in [1.165, 1.54) is 7.11 Å². The summed E-state index contributed by atoms with van der Waals surface area (Å²) in [6.45, 7) is 6.92. The number of hydrogen-bond donors (Lipinski definition) is 0. The van der Waals surface area contributed by atoms with Crippen molar-refractivity contribution in [3.05, 3.63) is 35.1 Å². The molecule has 0 unspecified atom stereocenters. The lowest BCUT2D eigenvalue weighted by atomic mass is 10.1. The number of ether oxygens (including phenoxy) is 3. The number of hydrogen-bond acceptors (Lipinski definition) is 4. The third-order valence-corrected chi connectivity index (χ3v) is 2.95. The number of esters is 1. The molecule has 0 spiro atoms. The third-order valence-electron chi connectivity index (χ3n) is 2.95. The van der Waals surface area contributed by atoms with Crippen LogP contribution >= 0.6 is 0 Å². The van der Waals surface area contributed by atoms with Gasteiger partial charge in [-0.15, -0.1) is 0 Å². The number of rotatable bonds is 8. The SMILES string of the molecule is CCCCOc1ccc(/C=C(\OC)C(=O)OCC)cc1C. The Morgan fingerprint density at radius 1 is 1.29 bits per heavy atom. The van der Waals surface area contributed by atoms with Crippen LogP contribution in [0.4, 0.5) is 0 Å². The van der Waals surface area contributed by atoms with Crippen LogP contribution in [0.15, 0.2) is 24.0 Å². The molecule has 4 heteroatoms. The minimum absolute atomic E-state index is 0.191. The average molecular weight is 292 g/mol. The molecule has 1 aromatic rings. The molecular formula is C17H24O4. The quantitative estimate of drug-likeness (QED) is 0.317. The summed E-state index contributed by atoms with van der Waals surface area (Å²) in [7, 11) is 1.46. The molecule has 0 radical (unpaired) electrons. The summed E-state index contributed by atoms with van der Waals surface area (Å²) in [5.41, 5.74) is 1.90. The highest BCUT2D eigenvalue weighted by molar-refractivity contribution is 5.91. The van der Waals surface area contributed by atoms with Crippen molar-refractivity contribution in [2.45, 2.75) is 33.6 Å². The molecule has 0 atom stereocenters. The van der Waals surface area contributed by atoms with Crippen molar-refractivity contribution in [1.82, 2.24) is 0 Å². The van der Waals surface area contributed by atoms with E-state index in [2.05, 4.69) is 6.92 Å². The fourth-order valence-electron chi connectivity index (χ4n) is 1.81. The highest BCUT2D eigenvalue weighted by atomic mass is 16.6. The van der Waals surface area contributed by atoms with Gasteiger partial charge in [-0.1, -0.05) is 19.4 Å². The molecule has 0 aliphatic rings. The van der Waals surface area contributed by atoms with Gasteiger partial charge >= 0.3 is 5.97 Å². The van der Waals surface area contributed by atoms with Crippen LogP contribution in [0.1, 0.15) is 37.8 Å². The molecule has 0 aliphatic heterocycles. The predicted octanol–water partition coefficient (Wildman–Crippen LogP) is 3.72. The fraction of sp³-hybridized carbons (Fsp3) is 0.471. The number of methoxy groups -OCH3 is 1. The van der Waals surface area contributed by atoms with Gasteiger partial charge in [0.2, 0.25) is 5.76 Å². The number of unbranched alkanes of at least 4 members (excludes halogenated alkanes) is 1. The Kier molecular flexibility index (Phi) is 7.37. The second-order valence-electron chi connectivity index (χ2n) is 4.66. The molecule has 21 heavy (non-hydrogen) atoms. The lowest BCUT2D eigenvalue weighted by Gasteiger charge is -2.10. The standard InChI is InChI=1S/C17H24O4/c1-5-7-10-21-15-9-8-14(11-13(15)3)12-16(19-4)17(18)20-6-2/h8-9,11-12H,5-7,10H2,1-4H3/b16-12-. The zero-order valence-electron chi connectivity index (χ0n) is 13.3. The van der Waals surface area contributed by atoms with E-state index in [1.807, 2.05) is 25.1 Å². The van der Waals surface area contributed by atoms with Crippen molar-refractivity contribution in [3.8, 4) is 5.75 Å². The number of aryl methyl sites for hydroxylation is 1. The molecule has 0 bridgehead atoms. The van der Waals surface area contributed by atoms with E-state index in [4.69, 9.17) is 14.2 Å². The van der Waals surface area contributed by atoms with Gasteiger partial charge < -0.3 is 14.2 Å². The van der Waals surface area contributed by atoms with Crippen LogP contribution in [0.5, 0.6) is 5.75 Å². The minimum atomic E-state index is -0.457. The highest BCUT2D eigenvalue weighted by Crippen LogP contribution is 2.21. The topological polar surface area (TPSA) is 44.8 Å². The van der Waals surface area contributed by atoms with Gasteiger partial charge in [0.25, 0.3) is 0 Å². The molecule has 0 fully saturated rings. The summed E-state index contributed by atoms with van der Waals surface area (Å²) in [5, 5.41) is 0. The normalized spacial score (nSPS) is 11.1. The summed E-state index contributed by atoms with van der Waals surface area (Å²) >= 11 is 0. The first-order valence-electron chi connectivity index (χ1n) is 7.28. The molecule has 0 aliphatic carbocycles. The van der Waals surface area contributed by atoms with Crippen molar-refractivity contribution in [1.29, 1.82) is 0 Å². The Bertz CT molecular complexity index is 492. The summed E-state index contributed by atoms with van der Waals surface area (Å²) in [4.78, 5) is 11.7. The number of carbonyl (C=O) groups is 1. The van der Waals surface area contributed by atoms with Gasteiger partial charge in [-0.3, -0.25) is 0 Å². The zero-order valence-corrected chi connectivity index (χ0v) is 13.3. The van der Waals surface area contributed by atoms with E-state index in [-0.39, 0.29) is 5.76 Å². The van der Waals surface area contributed by atoms with E-state index >= 15 is 0 Å². The van der Waals surface area contributed by atoms with E-state index in [9.17, 15) is 4.79 Å². The second-order valence-corrected chi connectivity index (χ2v) is 4.66. The monoisotopic (exact) mass is 292 g/mol. The first kappa shape index (κ1) is 17.1. The summed E-state index contributed by atoms with van der Waals surface area (Å²) in [6.07, 6.45) is 3.81. The Balaban J connectivity index is 2.84. The van der Waals surface area contributed by atoms with Crippen molar-refractivity contribution in [2.24, 2.45) is 0 Å². The van der Waals surface area contributed by atoms with Crippen LogP contribution in [-0.4, -0.2) is 26.3 Å². The van der Waals surface area contributed by atoms with Gasteiger partial charge in [0.15, 0.2) is 0 Å². The minimum Gasteiger partial charge on any atom is -0.493 e. The molecule has 0 saturated carbocycles. The lowest BCUT2D eigenvalue weighted by molar-refractivity contribution is -0.141. The molecule has 0 saturated heterocycles. The Morgan fingerprint density at radius 2 is 2.05 bits per heavy atom. The largest absolute Gasteiger partial charge is 0.493 e. The summed E-state index contributed by atoms with van der Waals surface area (Å²) < 4.78 is 15.7. The van der Waals surface area contributed by atoms with Crippen molar-refractivity contribution in [3.63, 3.8) is 0 Å². The molecule has 0 N–H and O–H groups in total. The van der Waals surface area contributed by atoms with E-state index < -0.39 is 5.97 Å². The maximum absolute atomic E-state index is 11.7. The van der Waals surface area contributed by atoms with Gasteiger partial charge in [0.1, 0.15) is 5.75 Å². The maximum atomic E-state index is 11.7. The van der Waals surface area contributed by atoms with Crippen LogP contribution < -0.4 is 4.74 Å². The smallest absolute Gasteiger partial charge is 0.373 e. The number of benzene rings is 1. The van der Waals surface area contributed by atoms with Crippen LogP contribution in [0.25, 0.3) is 6.08 Å². The molecule has 0 heterocycles. The molecule has 116 valence electrons. The Labute approximate surface area is 126 Å². The average Bonchev–Trinajstić information content (AvgIpc) is 2.47. The van der Waals surface area contributed by atoms with Crippen molar-refractivity contribution in [2.75, 3.05) is 20.3 Å². The first-order valence-corrected chi connectivity index (χ1v) is 7.28. The molecule has 1 aromatic carbocycles. The summed E-state index contributed by atoms with van der Waals surface area (Å²) in [5.74, 6) is 0.604. The van der Waals surface area contributed by atoms with E-state index in [1.54, 1.807) is 13.0 Å². The third kappa shape index (κ3) is 5.50. The Hall–Kier alpha value is -1.97. The lowest BCUT2D eigenvalue weighted by Crippen LogP contribution is -2.08. The van der Waals surface area contributed by atoms with Crippen LogP contribution in [-0.2, 0) is 14.3 Å². The van der Waals surface area contributed by atoms with E-state index in [0.717, 1.165) is 36.3 Å². The second kappa shape index (κ2) is 9.06. The molecule has 0 amide bonds. The van der Waals surface area contributed by atoms with Gasteiger partial charge in [-0.2, -0.15) is 0 Å². The van der Waals surface area contributed by atoms with Crippen LogP contribution in [0, 0.1) is 6.92 Å². The summed E-state index contributed by atoms with van der Waals surface area (Å²) in [6, 6.07) is 5.77. The van der Waals surface area contributed by atoms with Gasteiger partial charge in [0.05, 0.1) is 20.3 Å². The molecular weight excluding hydrogens is 268 g/mol. The maximum Gasteiger partial charge on any atom is 0.373 e. The Morgan fingerprint density at radius 3 is 2.62 bits per heavy atom. The van der Waals surface area contributed by atoms with Crippen LogP contribution in [0.2, 0.25) is 0 Å². The number of carbonyl (C=O) groups excluding carboxylic acids is 1. The van der Waals surface area contributed by atoms with Crippen LogP contribution in [0.3, 0.4) is 0 Å². The van der Waals surface area contributed by atoms with Gasteiger partial charge in [-0.25, -0.2) is 4.79 Å². The molecule has 1 rings (SSSR count). The molecule has 0 aromatic heterocycles. The van der Waals surface area contributed by atoms with Crippen molar-refractivity contribution >= 4 is 12.0 Å². The first-order chi connectivity index (χ1) is 10.1. The fourth-order valence-corrected chi connectivity index (χ4v) is 1.81. The highest BCUT2D eigenvalue weighted by Gasteiger charge is 2.11. The van der Waals surface area contributed by atoms with Crippen molar-refractivity contribution < 1.29 is 19.0 Å². The zero-order chi connectivity index (χ0) is 15.7.